The molecule has 0 spiro atoms. The number of benzene rings is 2. The Kier molecular flexibility index (Phi) is 7.89. The first kappa shape index (κ1) is 31.7. The molecule has 1 atom stereocenters. The van der Waals surface area contributed by atoms with E-state index in [0.717, 1.165) is 29.5 Å². The molecular weight excluding hydrogens is 630 g/mol. The minimum Gasteiger partial charge on any atom is -0.475 e. The Labute approximate surface area is 279 Å². The van der Waals surface area contributed by atoms with Crippen LogP contribution in [0.15, 0.2) is 64.0 Å². The summed E-state index contributed by atoms with van der Waals surface area (Å²) in [6.45, 7) is 10.3. The lowest BCUT2D eigenvalue weighted by atomic mass is 9.97. The van der Waals surface area contributed by atoms with E-state index in [2.05, 4.69) is 36.6 Å². The Hall–Kier alpha value is -4.91. The summed E-state index contributed by atoms with van der Waals surface area (Å²) in [4.78, 5) is 38.7. The average Bonchev–Trinajstić information content (AvgIpc) is 3.61. The maximum absolute atomic E-state index is 14.4. The fourth-order valence-corrected chi connectivity index (χ4v) is 7.08. The molecule has 1 N–H and O–H groups in total. The van der Waals surface area contributed by atoms with Crippen LogP contribution in [0.25, 0.3) is 22.6 Å². The molecule has 2 aliphatic rings. The number of ether oxygens (including phenoxy) is 1. The number of sulfonamides is 1. The van der Waals surface area contributed by atoms with Crippen molar-refractivity contribution in [3.05, 3.63) is 83.0 Å². The predicted octanol–water partition coefficient (Wildman–Crippen LogP) is 6.21. The predicted molar refractivity (Wildman–Crippen MR) is 179 cm³/mol. The summed E-state index contributed by atoms with van der Waals surface area (Å²) in [6, 6.07) is 13.2. The molecule has 12 nitrogen and oxygen atoms in total. The largest absolute Gasteiger partial charge is 0.475 e. The molecule has 1 amide bonds. The van der Waals surface area contributed by atoms with Crippen molar-refractivity contribution in [3.63, 3.8) is 0 Å². The summed E-state index contributed by atoms with van der Waals surface area (Å²) in [5.74, 6) is 0.292. The van der Waals surface area contributed by atoms with Crippen molar-refractivity contribution >= 4 is 33.2 Å². The van der Waals surface area contributed by atoms with Crippen molar-refractivity contribution in [3.8, 4) is 17.1 Å². The molecule has 1 aliphatic heterocycles. The van der Waals surface area contributed by atoms with Crippen molar-refractivity contribution in [2.24, 2.45) is 5.41 Å². The zero-order chi connectivity index (χ0) is 33.8. The molecule has 0 unspecified atom stereocenters. The van der Waals surface area contributed by atoms with Gasteiger partial charge in [-0.3, -0.25) is 4.79 Å². The number of fused-ring (bicyclic) bond motifs is 5. The van der Waals surface area contributed by atoms with Gasteiger partial charge in [-0.05, 0) is 67.9 Å². The molecule has 7 rings (SSSR count). The van der Waals surface area contributed by atoms with E-state index in [0.29, 0.717) is 35.1 Å². The number of aromatic nitrogens is 5. The van der Waals surface area contributed by atoms with E-state index >= 15 is 0 Å². The lowest BCUT2D eigenvalue weighted by Crippen LogP contribution is -2.44. The van der Waals surface area contributed by atoms with E-state index in [1.165, 1.54) is 12.1 Å². The number of nitrogens with one attached hydrogen (secondary N) is 1. The molecule has 4 heterocycles. The average molecular weight is 668 g/mol. The van der Waals surface area contributed by atoms with Crippen LogP contribution in [0.5, 0.6) is 5.88 Å². The topological polar surface area (TPSA) is 153 Å². The zero-order valence-corrected chi connectivity index (χ0v) is 28.3. The van der Waals surface area contributed by atoms with Gasteiger partial charge in [0.05, 0.1) is 35.1 Å². The normalized spacial score (nSPS) is 18.4. The quantitative estimate of drug-likeness (QED) is 0.221. The van der Waals surface area contributed by atoms with Crippen LogP contribution in [0.1, 0.15) is 79.0 Å². The molecule has 0 radical (unpaired) electrons. The summed E-state index contributed by atoms with van der Waals surface area (Å²) in [5.41, 5.74) is 4.76. The number of hydrogen-bond acceptors (Lipinski definition) is 10. The summed E-state index contributed by atoms with van der Waals surface area (Å²) < 4.78 is 42.1. The first-order valence-electron chi connectivity index (χ1n) is 16.0. The first-order chi connectivity index (χ1) is 22.9. The molecule has 3 aromatic heterocycles. The number of oxazole rings is 1. The van der Waals surface area contributed by atoms with Crippen LogP contribution in [-0.2, 0) is 16.6 Å². The van der Waals surface area contributed by atoms with Crippen LogP contribution < -0.4 is 9.46 Å². The Morgan fingerprint density at radius 1 is 1.02 bits per heavy atom. The Morgan fingerprint density at radius 3 is 2.50 bits per heavy atom. The fourth-order valence-electron chi connectivity index (χ4n) is 6.10. The van der Waals surface area contributed by atoms with Crippen molar-refractivity contribution in [2.45, 2.75) is 77.3 Å². The van der Waals surface area contributed by atoms with E-state index in [4.69, 9.17) is 9.15 Å². The van der Waals surface area contributed by atoms with Crippen molar-refractivity contribution < 1.29 is 22.4 Å². The number of carbonyl (C=O) groups is 1. The molecular formula is C35H37N7O5S. The molecule has 0 saturated heterocycles. The Morgan fingerprint density at radius 2 is 1.77 bits per heavy atom. The van der Waals surface area contributed by atoms with Gasteiger partial charge in [-0.1, -0.05) is 45.0 Å². The molecule has 5 aromatic rings. The third-order valence-electron chi connectivity index (χ3n) is 9.03. The highest BCUT2D eigenvalue weighted by Gasteiger charge is 2.42. The van der Waals surface area contributed by atoms with E-state index in [1.54, 1.807) is 29.3 Å². The lowest BCUT2D eigenvalue weighted by Gasteiger charge is -2.33. The summed E-state index contributed by atoms with van der Waals surface area (Å²) in [7, 11) is -4.18. The van der Waals surface area contributed by atoms with Gasteiger partial charge < -0.3 is 14.1 Å². The van der Waals surface area contributed by atoms with Gasteiger partial charge in [0.1, 0.15) is 6.61 Å². The second kappa shape index (κ2) is 12.0. The Balaban J connectivity index is 1.35. The van der Waals surface area contributed by atoms with Gasteiger partial charge in [-0.15, -0.1) is 0 Å². The van der Waals surface area contributed by atoms with Gasteiger partial charge >= 0.3 is 0 Å². The molecule has 248 valence electrons. The molecule has 2 aromatic carbocycles. The number of aryl methyl sites for hydroxylation is 2. The fraction of sp³-hybridized carbons (Fsp3) is 0.371. The van der Waals surface area contributed by atoms with E-state index in [-0.39, 0.29) is 52.7 Å². The monoisotopic (exact) mass is 667 g/mol. The second-order valence-electron chi connectivity index (χ2n) is 13.4. The molecule has 4 bridgehead atoms. The molecule has 1 aliphatic carbocycles. The summed E-state index contributed by atoms with van der Waals surface area (Å²) >= 11 is 0. The highest BCUT2D eigenvalue weighted by Crippen LogP contribution is 2.49. The van der Waals surface area contributed by atoms with Crippen molar-refractivity contribution in [2.75, 3.05) is 11.3 Å². The Bertz CT molecular complexity index is 2140. The van der Waals surface area contributed by atoms with Gasteiger partial charge in [0, 0.05) is 23.1 Å². The highest BCUT2D eigenvalue weighted by molar-refractivity contribution is 7.92. The maximum atomic E-state index is 14.4. The summed E-state index contributed by atoms with van der Waals surface area (Å²) in [6.07, 6.45) is 4.31. The van der Waals surface area contributed by atoms with E-state index < -0.39 is 16.1 Å². The minimum absolute atomic E-state index is 0.0280. The van der Waals surface area contributed by atoms with Crippen LogP contribution in [0.3, 0.4) is 0 Å². The summed E-state index contributed by atoms with van der Waals surface area (Å²) in [5, 5.41) is 0. The van der Waals surface area contributed by atoms with Crippen LogP contribution in [-0.4, -0.2) is 56.8 Å². The molecule has 48 heavy (non-hydrogen) atoms. The van der Waals surface area contributed by atoms with Crippen LogP contribution in [0.4, 0.5) is 5.95 Å². The van der Waals surface area contributed by atoms with Crippen LogP contribution in [0, 0.1) is 19.3 Å². The third kappa shape index (κ3) is 6.34. The SMILES string of the molecule is Cc1cccc(C)c1-c1cc2nc(n1)NS(=O)(=O)c1cccc(c1)C(=O)N(Cc1cnc3nc(C(C)C)oc3n1)[C@H](CC1(C)CC1)CO2. The maximum Gasteiger partial charge on any atom is 0.266 e. The number of hydrogen-bond donors (Lipinski definition) is 1. The third-order valence-corrected chi connectivity index (χ3v) is 10.4. The highest BCUT2D eigenvalue weighted by atomic mass is 32.2. The number of carbonyl (C=O) groups excluding carboxylic acids is 1. The minimum atomic E-state index is -4.18. The second-order valence-corrected chi connectivity index (χ2v) is 15.1. The smallest absolute Gasteiger partial charge is 0.266 e. The number of rotatable bonds is 6. The molecule has 13 heteroatoms. The zero-order valence-electron chi connectivity index (χ0n) is 27.5. The first-order valence-corrected chi connectivity index (χ1v) is 17.5. The number of amides is 1. The van der Waals surface area contributed by atoms with Gasteiger partial charge in [0.15, 0.2) is 0 Å². The van der Waals surface area contributed by atoms with E-state index in [9.17, 15) is 13.2 Å². The molecule has 1 saturated carbocycles. The van der Waals surface area contributed by atoms with Crippen molar-refractivity contribution in [1.82, 2.24) is 29.8 Å². The lowest BCUT2D eigenvalue weighted by molar-refractivity contribution is 0.0537. The van der Waals surface area contributed by atoms with Gasteiger partial charge in [-0.2, -0.15) is 9.97 Å². The van der Waals surface area contributed by atoms with Gasteiger partial charge in [0.2, 0.25) is 23.4 Å². The van der Waals surface area contributed by atoms with Gasteiger partial charge in [-0.25, -0.2) is 28.1 Å². The standard InChI is InChI=1S/C35H37N7O5S/c1-20(2)31-40-30-32(47-31)37-24(17-36-30)18-42-25(16-35(5)12-13-35)19-46-28-15-27(29-21(3)8-6-9-22(29)4)38-34(39-28)41-48(44,45)26-11-7-10-23(14-26)33(42)43/h6-11,14-15,17,20,25H,12-13,16,18-19H2,1-5H3,(H,38,39,41)/t25-/m1/s1. The van der Waals surface area contributed by atoms with Crippen LogP contribution >= 0.6 is 0 Å². The number of nitrogens with zero attached hydrogens (tertiary/aromatic N) is 6. The number of anilines is 1. The molecule has 1 fully saturated rings. The van der Waals surface area contributed by atoms with Crippen LogP contribution in [0.2, 0.25) is 0 Å². The van der Waals surface area contributed by atoms with Crippen molar-refractivity contribution in [1.29, 1.82) is 0 Å². The van der Waals surface area contributed by atoms with Gasteiger partial charge in [0.25, 0.3) is 21.6 Å². The van der Waals surface area contributed by atoms with E-state index in [1.807, 2.05) is 45.9 Å².